The zero-order chi connectivity index (χ0) is 24.6. The van der Waals surface area contributed by atoms with E-state index in [1.165, 1.54) is 6.07 Å². The van der Waals surface area contributed by atoms with E-state index in [0.29, 0.717) is 60.0 Å². The summed E-state index contributed by atoms with van der Waals surface area (Å²) in [5.41, 5.74) is 5.94. The number of alkyl halides is 4. The average molecular weight is 478 g/mol. The molecule has 0 bridgehead atoms. The number of hydrogen-bond donors (Lipinski definition) is 2. The minimum absolute atomic E-state index is 0.0303. The summed E-state index contributed by atoms with van der Waals surface area (Å²) in [5, 5.41) is 3.90. The van der Waals surface area contributed by atoms with Gasteiger partial charge in [0.05, 0.1) is 23.3 Å². The number of nitrogen functional groups attached to an aromatic ring is 1. The topological polar surface area (TPSA) is 83.2 Å². The first-order chi connectivity index (χ1) is 16.0. The number of hydrogen-bond acceptors (Lipinski definition) is 7. The third-order valence-corrected chi connectivity index (χ3v) is 5.86. The van der Waals surface area contributed by atoms with E-state index in [-0.39, 0.29) is 5.69 Å². The van der Waals surface area contributed by atoms with Crippen molar-refractivity contribution in [2.45, 2.75) is 38.2 Å². The molecule has 0 spiro atoms. The van der Waals surface area contributed by atoms with E-state index in [1.54, 1.807) is 32.1 Å². The summed E-state index contributed by atoms with van der Waals surface area (Å²) in [6.07, 6.45) is -2.79. The molecule has 0 saturated carbocycles. The quantitative estimate of drug-likeness (QED) is 0.403. The van der Waals surface area contributed by atoms with Crippen LogP contribution in [-0.4, -0.2) is 48.3 Å². The minimum atomic E-state index is -4.50. The van der Waals surface area contributed by atoms with Gasteiger partial charge in [0.1, 0.15) is 17.8 Å². The maximum Gasteiger partial charge on any atom is 0.416 e. The summed E-state index contributed by atoms with van der Waals surface area (Å²) < 4.78 is 53.5. The molecule has 182 valence electrons. The van der Waals surface area contributed by atoms with Crippen LogP contribution in [0.3, 0.4) is 0 Å². The van der Waals surface area contributed by atoms with Crippen molar-refractivity contribution in [1.29, 1.82) is 0 Å². The van der Waals surface area contributed by atoms with Crippen LogP contribution in [-0.2, 0) is 6.18 Å². The van der Waals surface area contributed by atoms with Crippen molar-refractivity contribution in [3.05, 3.63) is 41.6 Å². The number of benzene rings is 1. The summed E-state index contributed by atoms with van der Waals surface area (Å²) in [6, 6.07) is 4.81. The number of nitrogens with zero attached hydrogens (tertiary/aromatic N) is 5. The van der Waals surface area contributed by atoms with Crippen LogP contribution < -0.4 is 20.9 Å². The molecule has 1 unspecified atom stereocenters. The van der Waals surface area contributed by atoms with E-state index in [4.69, 9.17) is 5.73 Å². The molecule has 1 atom stereocenters. The molecule has 1 saturated heterocycles. The van der Waals surface area contributed by atoms with Crippen molar-refractivity contribution in [3.8, 4) is 0 Å². The van der Waals surface area contributed by atoms with E-state index in [2.05, 4.69) is 20.3 Å². The minimum Gasteiger partial charge on any atom is -0.399 e. The van der Waals surface area contributed by atoms with Crippen LogP contribution in [0.25, 0.3) is 10.9 Å². The van der Waals surface area contributed by atoms with Crippen molar-refractivity contribution < 1.29 is 17.6 Å². The van der Waals surface area contributed by atoms with E-state index < -0.39 is 24.0 Å². The number of nitrogens with one attached hydrogen (secondary N) is 1. The highest BCUT2D eigenvalue weighted by Gasteiger charge is 2.31. The molecule has 3 heterocycles. The van der Waals surface area contributed by atoms with Crippen LogP contribution >= 0.6 is 0 Å². The zero-order valence-electron chi connectivity index (χ0n) is 19.2. The molecule has 4 rings (SSSR count). The monoisotopic (exact) mass is 477 g/mol. The fourth-order valence-electron chi connectivity index (χ4n) is 3.95. The molecule has 3 aromatic rings. The Hall–Kier alpha value is -3.37. The van der Waals surface area contributed by atoms with Crippen LogP contribution in [0.1, 0.15) is 36.9 Å². The molecule has 0 amide bonds. The number of anilines is 4. The normalized spacial score (nSPS) is 16.0. The number of halogens is 4. The number of fused-ring (bicyclic) bond motifs is 1. The van der Waals surface area contributed by atoms with E-state index in [1.807, 2.05) is 11.0 Å². The zero-order valence-corrected chi connectivity index (χ0v) is 19.2. The number of aromatic nitrogens is 3. The van der Waals surface area contributed by atoms with Gasteiger partial charge in [-0.1, -0.05) is 0 Å². The molecule has 2 aromatic heterocycles. The van der Waals surface area contributed by atoms with Gasteiger partial charge in [-0.2, -0.15) is 18.2 Å². The average Bonchev–Trinajstić information content (AvgIpc) is 2.78. The van der Waals surface area contributed by atoms with E-state index in [0.717, 1.165) is 12.1 Å². The Morgan fingerprint density at radius 3 is 2.47 bits per heavy atom. The van der Waals surface area contributed by atoms with Crippen molar-refractivity contribution in [2.75, 3.05) is 48.0 Å². The van der Waals surface area contributed by atoms with Gasteiger partial charge in [0.25, 0.3) is 0 Å². The van der Waals surface area contributed by atoms with Gasteiger partial charge in [-0.3, -0.25) is 0 Å². The highest BCUT2D eigenvalue weighted by Crippen LogP contribution is 2.34. The number of nitrogens with two attached hydrogens (primary N) is 1. The number of pyridine rings is 1. The second-order valence-corrected chi connectivity index (χ2v) is 8.74. The molecular formula is C23H27F4N7. The number of rotatable bonds is 5. The molecule has 1 aliphatic heterocycles. The van der Waals surface area contributed by atoms with Gasteiger partial charge >= 0.3 is 6.18 Å². The van der Waals surface area contributed by atoms with Gasteiger partial charge < -0.3 is 20.9 Å². The van der Waals surface area contributed by atoms with Gasteiger partial charge in [-0.15, -0.1) is 0 Å². The standard InChI is InChI=1S/C23H27F4N7/c1-13(14-8-15(23(25,26)27)10-17(28)9-14)30-21-18-11-20(34-6-4-16(24)5-7-34)29-12-19(18)31-22(32-21)33(2)3/h8-13,16H,4-7,28H2,1-3H3,(H,30,31,32). The Morgan fingerprint density at radius 1 is 1.12 bits per heavy atom. The lowest BCUT2D eigenvalue weighted by molar-refractivity contribution is -0.137. The van der Waals surface area contributed by atoms with Gasteiger partial charge in [0, 0.05) is 38.3 Å². The van der Waals surface area contributed by atoms with Crippen LogP contribution in [0, 0.1) is 0 Å². The SMILES string of the molecule is CC(Nc1nc(N(C)C)nc2cnc(N3CCC(F)CC3)cc12)c1cc(N)cc(C(F)(F)F)c1. The van der Waals surface area contributed by atoms with Gasteiger partial charge in [-0.05, 0) is 49.6 Å². The molecule has 1 aromatic carbocycles. The third kappa shape index (κ3) is 5.07. The fraction of sp³-hybridized carbons (Fsp3) is 0.435. The second-order valence-electron chi connectivity index (χ2n) is 8.74. The summed E-state index contributed by atoms with van der Waals surface area (Å²) in [5.74, 6) is 1.57. The molecule has 34 heavy (non-hydrogen) atoms. The summed E-state index contributed by atoms with van der Waals surface area (Å²) in [7, 11) is 3.59. The first kappa shape index (κ1) is 23.8. The first-order valence-electron chi connectivity index (χ1n) is 11.0. The molecule has 1 aliphatic rings. The smallest absolute Gasteiger partial charge is 0.399 e. The molecule has 0 radical (unpaired) electrons. The molecule has 7 nitrogen and oxygen atoms in total. The highest BCUT2D eigenvalue weighted by atomic mass is 19.4. The summed E-state index contributed by atoms with van der Waals surface area (Å²) >= 11 is 0. The third-order valence-electron chi connectivity index (χ3n) is 5.86. The van der Waals surface area contributed by atoms with Crippen molar-refractivity contribution in [3.63, 3.8) is 0 Å². The molecule has 1 fully saturated rings. The highest BCUT2D eigenvalue weighted by molar-refractivity contribution is 5.91. The first-order valence-corrected chi connectivity index (χ1v) is 11.0. The van der Waals surface area contributed by atoms with Crippen LogP contribution in [0.15, 0.2) is 30.5 Å². The van der Waals surface area contributed by atoms with Gasteiger partial charge in [-0.25, -0.2) is 14.4 Å². The summed E-state index contributed by atoms with van der Waals surface area (Å²) in [4.78, 5) is 17.4. The van der Waals surface area contributed by atoms with E-state index >= 15 is 0 Å². The lowest BCUT2D eigenvalue weighted by Gasteiger charge is -2.29. The molecule has 11 heteroatoms. The maximum atomic E-state index is 13.6. The van der Waals surface area contributed by atoms with Gasteiger partial charge in [0.2, 0.25) is 5.95 Å². The van der Waals surface area contributed by atoms with Gasteiger partial charge in [0.15, 0.2) is 0 Å². The Kier molecular flexibility index (Phi) is 6.37. The summed E-state index contributed by atoms with van der Waals surface area (Å²) in [6.45, 7) is 2.85. The maximum absolute atomic E-state index is 13.6. The van der Waals surface area contributed by atoms with Crippen molar-refractivity contribution >= 4 is 34.2 Å². The van der Waals surface area contributed by atoms with Crippen LogP contribution in [0.4, 0.5) is 40.8 Å². The predicted octanol–water partition coefficient (Wildman–Crippen LogP) is 4.80. The Labute approximate surface area is 195 Å². The Bertz CT molecular complexity index is 1170. The van der Waals surface area contributed by atoms with Crippen molar-refractivity contribution in [2.24, 2.45) is 0 Å². The lowest BCUT2D eigenvalue weighted by atomic mass is 10.0. The molecular weight excluding hydrogens is 450 g/mol. The van der Waals surface area contributed by atoms with E-state index in [9.17, 15) is 17.6 Å². The van der Waals surface area contributed by atoms with Crippen LogP contribution in [0.2, 0.25) is 0 Å². The Balaban J connectivity index is 1.72. The number of piperidine rings is 1. The molecule has 0 aliphatic carbocycles. The molecule has 3 N–H and O–H groups in total. The second kappa shape index (κ2) is 9.11. The Morgan fingerprint density at radius 2 is 1.82 bits per heavy atom. The fourth-order valence-corrected chi connectivity index (χ4v) is 3.95. The predicted molar refractivity (Wildman–Crippen MR) is 126 cm³/mol. The van der Waals surface area contributed by atoms with Crippen LogP contribution in [0.5, 0.6) is 0 Å². The largest absolute Gasteiger partial charge is 0.416 e. The van der Waals surface area contributed by atoms with Crippen molar-refractivity contribution in [1.82, 2.24) is 15.0 Å². The lowest BCUT2D eigenvalue weighted by Crippen LogP contribution is -2.34.